The van der Waals surface area contributed by atoms with E-state index in [-0.39, 0.29) is 23.0 Å². The predicted molar refractivity (Wildman–Crippen MR) is 130 cm³/mol. The van der Waals surface area contributed by atoms with Crippen LogP contribution in [0, 0.1) is 11.8 Å². The predicted octanol–water partition coefficient (Wildman–Crippen LogP) is 9.45. The lowest BCUT2D eigenvalue weighted by atomic mass is 9.64. The lowest BCUT2D eigenvalue weighted by Crippen LogP contribution is -2.50. The summed E-state index contributed by atoms with van der Waals surface area (Å²) >= 11 is 2.75. The molecule has 0 saturated heterocycles. The Morgan fingerprint density at radius 2 is 0.914 bits per heavy atom. The maximum Gasteiger partial charge on any atom is 0.380 e. The summed E-state index contributed by atoms with van der Waals surface area (Å²) in [5.74, 6) is -15.4. The molecule has 0 bridgehead atoms. The largest absolute Gasteiger partial charge is 0.380 e. The minimum absolute atomic E-state index is 0.0530. The Hall–Kier alpha value is -0.760. The van der Waals surface area contributed by atoms with E-state index in [9.17, 15) is 0 Å². The zero-order valence-electron chi connectivity index (χ0n) is 20.0. The van der Waals surface area contributed by atoms with E-state index in [0.29, 0.717) is 11.1 Å². The monoisotopic (exact) mass is 532 g/mol. The first-order valence-electron chi connectivity index (χ1n) is 12.8. The Morgan fingerprint density at radius 1 is 0.571 bits per heavy atom. The summed E-state index contributed by atoms with van der Waals surface area (Å²) < 4.78 is 90.8. The van der Waals surface area contributed by atoms with E-state index in [1.165, 1.54) is 23.5 Å². The summed E-state index contributed by atoms with van der Waals surface area (Å²) in [5.41, 5.74) is -0.775. The van der Waals surface area contributed by atoms with E-state index in [1.54, 1.807) is 0 Å². The number of hydrogen-bond donors (Lipinski definition) is 0. The fourth-order valence-corrected chi connectivity index (χ4v) is 10.4. The second kappa shape index (κ2) is 7.64. The molecule has 2 atom stereocenters. The van der Waals surface area contributed by atoms with Crippen molar-refractivity contribution in [1.29, 1.82) is 0 Å². The van der Waals surface area contributed by atoms with Gasteiger partial charge in [0.05, 0.1) is 9.49 Å². The molecule has 3 saturated carbocycles. The molecule has 0 amide bonds. The van der Waals surface area contributed by atoms with Crippen molar-refractivity contribution in [3.05, 3.63) is 44.3 Å². The molecule has 0 aromatic carbocycles. The van der Waals surface area contributed by atoms with E-state index in [4.69, 9.17) is 0 Å². The fourth-order valence-electron chi connectivity index (χ4n) is 7.43. The Morgan fingerprint density at radius 3 is 1.26 bits per heavy atom. The topological polar surface area (TPSA) is 0 Å². The van der Waals surface area contributed by atoms with Gasteiger partial charge in [-0.2, -0.15) is 26.3 Å². The average molecular weight is 533 g/mol. The van der Waals surface area contributed by atoms with E-state index in [1.807, 2.05) is 24.7 Å². The number of fused-ring (bicyclic) bond motifs is 4. The van der Waals surface area contributed by atoms with Crippen LogP contribution in [0.2, 0.25) is 0 Å². The highest BCUT2D eigenvalue weighted by Crippen LogP contribution is 2.75. The zero-order chi connectivity index (χ0) is 25.0. The standard InChI is InChI=1S/C27H30F6S2/c1-23-19(17(13-34-23)15-9-5-3-6-10-15)21-22(26(30,31)27(32,33)25(21,28)29)20-18(14-35-24(20,23)2)16-11-7-4-8-12-16/h13-16H,3-12H2,1-2H3/t23-,24-/m0/s1. The van der Waals surface area contributed by atoms with Crippen LogP contribution in [0.25, 0.3) is 0 Å². The van der Waals surface area contributed by atoms with Crippen molar-refractivity contribution in [3.63, 3.8) is 0 Å². The fraction of sp³-hybridized carbons (Fsp3) is 0.704. The number of hydrogen-bond acceptors (Lipinski definition) is 2. The Kier molecular flexibility index (Phi) is 5.36. The second-order valence-electron chi connectivity index (χ2n) is 11.3. The zero-order valence-corrected chi connectivity index (χ0v) is 21.6. The van der Waals surface area contributed by atoms with Gasteiger partial charge in [-0.1, -0.05) is 38.5 Å². The highest BCUT2D eigenvalue weighted by Gasteiger charge is 2.84. The minimum atomic E-state index is -5.47. The summed E-state index contributed by atoms with van der Waals surface area (Å²) in [7, 11) is 0. The summed E-state index contributed by atoms with van der Waals surface area (Å²) in [6, 6.07) is 0. The van der Waals surface area contributed by atoms with Crippen molar-refractivity contribution in [3.8, 4) is 0 Å². The highest BCUT2D eigenvalue weighted by atomic mass is 32.2. The van der Waals surface area contributed by atoms with E-state index in [2.05, 4.69) is 0 Å². The quantitative estimate of drug-likeness (QED) is 0.325. The molecule has 8 heteroatoms. The summed E-state index contributed by atoms with van der Waals surface area (Å²) in [4.78, 5) is 0. The van der Waals surface area contributed by atoms with E-state index < -0.39 is 38.4 Å². The highest BCUT2D eigenvalue weighted by molar-refractivity contribution is 8.08. The number of allylic oxidation sites excluding steroid dienone is 4. The first kappa shape index (κ1) is 24.6. The first-order chi connectivity index (χ1) is 16.4. The van der Waals surface area contributed by atoms with Crippen molar-refractivity contribution >= 4 is 23.5 Å². The van der Waals surface area contributed by atoms with E-state index >= 15 is 26.3 Å². The van der Waals surface area contributed by atoms with Crippen LogP contribution in [0.3, 0.4) is 0 Å². The summed E-state index contributed by atoms with van der Waals surface area (Å²) in [5, 5.41) is 3.68. The third kappa shape index (κ3) is 2.87. The first-order valence-corrected chi connectivity index (χ1v) is 14.6. The lowest BCUT2D eigenvalue weighted by molar-refractivity contribution is -0.258. The van der Waals surface area contributed by atoms with Gasteiger partial charge in [0.2, 0.25) is 0 Å². The maximum absolute atomic E-state index is 15.7. The van der Waals surface area contributed by atoms with Gasteiger partial charge in [-0.25, -0.2) is 0 Å². The molecule has 2 aliphatic heterocycles. The molecular weight excluding hydrogens is 502 g/mol. The van der Waals surface area contributed by atoms with Gasteiger partial charge < -0.3 is 0 Å². The molecule has 6 rings (SSSR count). The molecule has 4 aliphatic carbocycles. The van der Waals surface area contributed by atoms with Gasteiger partial charge in [0, 0.05) is 11.1 Å². The minimum Gasteiger partial charge on any atom is -0.194 e. The number of halogens is 6. The van der Waals surface area contributed by atoms with Crippen LogP contribution in [-0.2, 0) is 0 Å². The van der Waals surface area contributed by atoms with Crippen LogP contribution < -0.4 is 0 Å². The Labute approximate surface area is 211 Å². The van der Waals surface area contributed by atoms with Crippen LogP contribution in [0.15, 0.2) is 44.3 Å². The van der Waals surface area contributed by atoms with Crippen LogP contribution in [0.4, 0.5) is 26.3 Å². The van der Waals surface area contributed by atoms with Crippen molar-refractivity contribution in [2.45, 2.75) is 105 Å². The van der Waals surface area contributed by atoms with Crippen molar-refractivity contribution < 1.29 is 26.3 Å². The average Bonchev–Trinajstić information content (AvgIpc) is 3.40. The Bertz CT molecular complexity index is 1000. The molecule has 2 heterocycles. The summed E-state index contributed by atoms with van der Waals surface area (Å²) in [6.07, 6.45) is 8.93. The molecule has 0 unspecified atom stereocenters. The molecule has 0 N–H and O–H groups in total. The van der Waals surface area contributed by atoms with Crippen molar-refractivity contribution in [2.24, 2.45) is 11.8 Å². The number of alkyl halides is 6. The van der Waals surface area contributed by atoms with Gasteiger partial charge in [-0.05, 0) is 84.5 Å². The molecule has 35 heavy (non-hydrogen) atoms. The second-order valence-corrected chi connectivity index (χ2v) is 13.9. The third-order valence-corrected chi connectivity index (χ3v) is 12.6. The van der Waals surface area contributed by atoms with Gasteiger partial charge in [-0.15, -0.1) is 23.5 Å². The van der Waals surface area contributed by atoms with Crippen LogP contribution >= 0.6 is 23.5 Å². The number of thioether (sulfide) groups is 2. The van der Waals surface area contributed by atoms with Gasteiger partial charge >= 0.3 is 17.8 Å². The van der Waals surface area contributed by atoms with Crippen molar-refractivity contribution in [1.82, 2.24) is 0 Å². The maximum atomic E-state index is 15.7. The molecule has 6 aliphatic rings. The summed E-state index contributed by atoms with van der Waals surface area (Å²) in [6.45, 7) is 3.64. The van der Waals surface area contributed by atoms with Crippen molar-refractivity contribution in [2.75, 3.05) is 0 Å². The van der Waals surface area contributed by atoms with Crippen LogP contribution in [-0.4, -0.2) is 27.3 Å². The van der Waals surface area contributed by atoms with E-state index in [0.717, 1.165) is 64.2 Å². The van der Waals surface area contributed by atoms with Gasteiger partial charge in [0.15, 0.2) is 0 Å². The normalized spacial score (nSPS) is 38.3. The van der Waals surface area contributed by atoms with Gasteiger partial charge in [0.1, 0.15) is 0 Å². The molecule has 3 fully saturated rings. The molecule has 0 radical (unpaired) electrons. The molecular formula is C27H30F6S2. The van der Waals surface area contributed by atoms with Crippen LogP contribution in [0.5, 0.6) is 0 Å². The smallest absolute Gasteiger partial charge is 0.194 e. The molecule has 0 nitrogen and oxygen atoms in total. The van der Waals surface area contributed by atoms with Crippen LogP contribution in [0.1, 0.15) is 78.1 Å². The molecule has 192 valence electrons. The van der Waals surface area contributed by atoms with Gasteiger partial charge in [0.25, 0.3) is 0 Å². The molecule has 0 aromatic heterocycles. The molecule has 0 spiro atoms. The SMILES string of the molecule is C[C@]12SC=C(C3CCCCC3)C1=C1C(=C3C(C4CCCCC4)=CS[C@@]32C)C(F)(F)C(F)(F)C1(F)F. The number of rotatable bonds is 2. The lowest BCUT2D eigenvalue weighted by Gasteiger charge is -2.49. The van der Waals surface area contributed by atoms with Gasteiger partial charge in [-0.3, -0.25) is 0 Å². The molecule has 0 aromatic rings. The Balaban J connectivity index is 1.65. The third-order valence-electron chi connectivity index (χ3n) is 9.54.